The van der Waals surface area contributed by atoms with Crippen molar-refractivity contribution in [3.63, 3.8) is 0 Å². The molecule has 0 aromatic heterocycles. The molecule has 126 valence electrons. The highest BCUT2D eigenvalue weighted by atomic mass is 16.7. The van der Waals surface area contributed by atoms with Crippen LogP contribution in [0.25, 0.3) is 0 Å². The van der Waals surface area contributed by atoms with E-state index in [0.29, 0.717) is 6.42 Å². The third kappa shape index (κ3) is 7.94. The maximum atomic E-state index is 11.0. The molecule has 0 aromatic carbocycles. The Morgan fingerprint density at radius 1 is 1.00 bits per heavy atom. The summed E-state index contributed by atoms with van der Waals surface area (Å²) in [5, 5.41) is 7.42. The van der Waals surface area contributed by atoms with Gasteiger partial charge in [0.25, 0.3) is 5.97 Å². The molecule has 1 aliphatic carbocycles. The van der Waals surface area contributed by atoms with E-state index >= 15 is 0 Å². The van der Waals surface area contributed by atoms with Crippen LogP contribution in [0.2, 0.25) is 0 Å². The number of carboxylic acid groups (broad SMARTS) is 1. The van der Waals surface area contributed by atoms with Gasteiger partial charge in [0.15, 0.2) is 12.4 Å². The van der Waals surface area contributed by atoms with E-state index < -0.39 is 24.3 Å². The number of carbonyl (C=O) groups is 3. The van der Waals surface area contributed by atoms with Gasteiger partial charge in [-0.25, -0.2) is 0 Å². The lowest BCUT2D eigenvalue weighted by molar-refractivity contribution is -0.250. The molecule has 8 heteroatoms. The van der Waals surface area contributed by atoms with Crippen LogP contribution < -0.4 is 0 Å². The second-order valence-corrected chi connectivity index (χ2v) is 5.17. The standard InChI is InChI=1S/C12H18O6.C2H4O2/c1-7(13)16-10-5-11(17-8(2)14)12(15-6-10)18-9-3-4-9;1-2(3)4/h9-12H,3-6H2,1-2H3;1H3,(H,3,4)/t10-,11?,12+;/m0./s1. The second-order valence-electron chi connectivity index (χ2n) is 5.17. The molecule has 22 heavy (non-hydrogen) atoms. The first-order valence-corrected chi connectivity index (χ1v) is 7.09. The van der Waals surface area contributed by atoms with E-state index in [2.05, 4.69) is 0 Å². The normalized spacial score (nSPS) is 27.1. The van der Waals surface area contributed by atoms with Crippen molar-refractivity contribution in [1.82, 2.24) is 0 Å². The quantitative estimate of drug-likeness (QED) is 0.760. The maximum Gasteiger partial charge on any atom is 0.303 e. The highest BCUT2D eigenvalue weighted by Crippen LogP contribution is 2.30. The van der Waals surface area contributed by atoms with Gasteiger partial charge in [-0.2, -0.15) is 0 Å². The van der Waals surface area contributed by atoms with Gasteiger partial charge in [-0.1, -0.05) is 0 Å². The van der Waals surface area contributed by atoms with Gasteiger partial charge in [-0.05, 0) is 12.8 Å². The average Bonchev–Trinajstić information content (AvgIpc) is 3.14. The van der Waals surface area contributed by atoms with Gasteiger partial charge in [0.1, 0.15) is 6.10 Å². The van der Waals surface area contributed by atoms with Crippen LogP contribution in [0, 0.1) is 0 Å². The third-order valence-corrected chi connectivity index (χ3v) is 2.75. The molecule has 1 unspecified atom stereocenters. The fraction of sp³-hybridized carbons (Fsp3) is 0.786. The molecule has 2 aliphatic rings. The van der Waals surface area contributed by atoms with Gasteiger partial charge in [-0.3, -0.25) is 14.4 Å². The van der Waals surface area contributed by atoms with Gasteiger partial charge >= 0.3 is 11.9 Å². The van der Waals surface area contributed by atoms with Gasteiger partial charge in [0.05, 0.1) is 12.7 Å². The first-order valence-electron chi connectivity index (χ1n) is 7.09. The number of hydrogen-bond acceptors (Lipinski definition) is 7. The Kier molecular flexibility index (Phi) is 7.26. The van der Waals surface area contributed by atoms with Gasteiger partial charge in [0.2, 0.25) is 0 Å². The van der Waals surface area contributed by atoms with Crippen molar-refractivity contribution in [1.29, 1.82) is 0 Å². The molecule has 1 saturated carbocycles. The summed E-state index contributed by atoms with van der Waals surface area (Å²) in [7, 11) is 0. The van der Waals surface area contributed by atoms with Crippen molar-refractivity contribution >= 4 is 17.9 Å². The fourth-order valence-electron chi connectivity index (χ4n) is 1.90. The lowest BCUT2D eigenvalue weighted by Gasteiger charge is -2.34. The van der Waals surface area contributed by atoms with Crippen molar-refractivity contribution < 1.29 is 38.4 Å². The van der Waals surface area contributed by atoms with Crippen LogP contribution in [0.3, 0.4) is 0 Å². The van der Waals surface area contributed by atoms with Crippen LogP contribution in [0.15, 0.2) is 0 Å². The Balaban J connectivity index is 0.000000541. The highest BCUT2D eigenvalue weighted by Gasteiger charge is 2.39. The van der Waals surface area contributed by atoms with Crippen LogP contribution in [0.4, 0.5) is 0 Å². The molecule has 1 aliphatic heterocycles. The molecular weight excluding hydrogens is 296 g/mol. The largest absolute Gasteiger partial charge is 0.481 e. The summed E-state index contributed by atoms with van der Waals surface area (Å²) in [6.45, 7) is 4.03. The van der Waals surface area contributed by atoms with Crippen molar-refractivity contribution in [2.75, 3.05) is 6.61 Å². The average molecular weight is 318 g/mol. The number of esters is 2. The molecule has 0 radical (unpaired) electrons. The van der Waals surface area contributed by atoms with E-state index in [9.17, 15) is 9.59 Å². The summed E-state index contributed by atoms with van der Waals surface area (Å²) in [6.07, 6.45) is 1.20. The van der Waals surface area contributed by atoms with Gasteiger partial charge in [0, 0.05) is 27.2 Å². The molecule has 3 atom stereocenters. The molecule has 0 spiro atoms. The highest BCUT2D eigenvalue weighted by molar-refractivity contribution is 5.66. The van der Waals surface area contributed by atoms with Gasteiger partial charge < -0.3 is 24.1 Å². The van der Waals surface area contributed by atoms with Gasteiger partial charge in [-0.15, -0.1) is 0 Å². The molecule has 1 heterocycles. The predicted molar refractivity (Wildman–Crippen MR) is 72.9 cm³/mol. The van der Waals surface area contributed by atoms with E-state index in [1.165, 1.54) is 13.8 Å². The molecule has 0 bridgehead atoms. The zero-order chi connectivity index (χ0) is 16.7. The number of carbonyl (C=O) groups excluding carboxylic acids is 2. The summed E-state index contributed by atoms with van der Waals surface area (Å²) in [6, 6.07) is 0. The number of hydrogen-bond donors (Lipinski definition) is 1. The van der Waals surface area contributed by atoms with Crippen molar-refractivity contribution in [3.8, 4) is 0 Å². The number of carboxylic acids is 1. The van der Waals surface area contributed by atoms with Crippen LogP contribution in [0.1, 0.15) is 40.0 Å². The Morgan fingerprint density at radius 2 is 1.55 bits per heavy atom. The summed E-state index contributed by atoms with van der Waals surface area (Å²) in [4.78, 5) is 30.9. The van der Waals surface area contributed by atoms with Crippen LogP contribution >= 0.6 is 0 Å². The van der Waals surface area contributed by atoms with E-state index in [4.69, 9.17) is 28.8 Å². The maximum absolute atomic E-state index is 11.0. The topological polar surface area (TPSA) is 108 Å². The Morgan fingerprint density at radius 3 is 2.00 bits per heavy atom. The molecule has 1 saturated heterocycles. The Bertz CT molecular complexity index is 400. The summed E-state index contributed by atoms with van der Waals surface area (Å²) < 4.78 is 21.3. The van der Waals surface area contributed by atoms with E-state index in [1.807, 2.05) is 0 Å². The van der Waals surface area contributed by atoms with Crippen molar-refractivity contribution in [3.05, 3.63) is 0 Å². The minimum Gasteiger partial charge on any atom is -0.481 e. The summed E-state index contributed by atoms with van der Waals surface area (Å²) in [5.74, 6) is -1.59. The molecule has 8 nitrogen and oxygen atoms in total. The van der Waals surface area contributed by atoms with Crippen molar-refractivity contribution in [2.45, 2.75) is 64.6 Å². The van der Waals surface area contributed by atoms with Crippen LogP contribution in [-0.4, -0.2) is 54.2 Å². The molecule has 1 N–H and O–H groups in total. The third-order valence-electron chi connectivity index (χ3n) is 2.75. The fourth-order valence-corrected chi connectivity index (χ4v) is 1.90. The minimum absolute atomic E-state index is 0.207. The zero-order valence-corrected chi connectivity index (χ0v) is 12.9. The first kappa shape index (κ1) is 18.4. The van der Waals surface area contributed by atoms with E-state index in [-0.39, 0.29) is 24.8 Å². The molecule has 0 aromatic rings. The molecular formula is C14H22O8. The lowest BCUT2D eigenvalue weighted by Crippen LogP contribution is -2.46. The van der Waals surface area contributed by atoms with Crippen LogP contribution in [0.5, 0.6) is 0 Å². The second kappa shape index (κ2) is 8.70. The molecule has 2 rings (SSSR count). The van der Waals surface area contributed by atoms with Crippen molar-refractivity contribution in [2.24, 2.45) is 0 Å². The first-order chi connectivity index (χ1) is 10.3. The van der Waals surface area contributed by atoms with Crippen LogP contribution in [-0.2, 0) is 33.3 Å². The number of aliphatic carboxylic acids is 1. The zero-order valence-electron chi connectivity index (χ0n) is 12.9. The number of rotatable bonds is 4. The number of ether oxygens (including phenoxy) is 4. The molecule has 2 fully saturated rings. The molecule has 0 amide bonds. The summed E-state index contributed by atoms with van der Waals surface area (Å²) >= 11 is 0. The predicted octanol–water partition coefficient (Wildman–Crippen LogP) is 0.866. The Labute approximate surface area is 128 Å². The Hall–Kier alpha value is -1.67. The van der Waals surface area contributed by atoms with E-state index in [0.717, 1.165) is 19.8 Å². The monoisotopic (exact) mass is 318 g/mol. The minimum atomic E-state index is -0.833. The van der Waals surface area contributed by atoms with E-state index in [1.54, 1.807) is 0 Å². The SMILES string of the molecule is CC(=O)O.CC(=O)OC1C[C@H](OC(C)=O)CO[C@@H]1OC1CC1. The smallest absolute Gasteiger partial charge is 0.303 e. The lowest BCUT2D eigenvalue weighted by atomic mass is 10.1. The summed E-state index contributed by atoms with van der Waals surface area (Å²) in [5.41, 5.74) is 0.